The molecule has 1 aromatic carbocycles. The maximum Gasteiger partial charge on any atom is 0.240 e. The van der Waals surface area contributed by atoms with Gasteiger partial charge in [-0.05, 0) is 63.0 Å². The Kier molecular flexibility index (Phi) is 6.94. The fourth-order valence-electron chi connectivity index (χ4n) is 2.33. The van der Waals surface area contributed by atoms with Crippen LogP contribution in [0.4, 0.5) is 0 Å². The highest BCUT2D eigenvalue weighted by atomic mass is 79.9. The van der Waals surface area contributed by atoms with Crippen molar-refractivity contribution in [1.29, 1.82) is 0 Å². The molecule has 7 heteroatoms. The Morgan fingerprint density at radius 3 is 2.55 bits per heavy atom. The molecule has 0 bridgehead atoms. The molecule has 0 aromatic heterocycles. The molecular weight excluding hydrogens is 364 g/mol. The van der Waals surface area contributed by atoms with Gasteiger partial charge in [0.15, 0.2) is 0 Å². The summed E-state index contributed by atoms with van der Waals surface area (Å²) in [6.07, 6.45) is 2.17. The number of piperidine rings is 1. The van der Waals surface area contributed by atoms with E-state index in [0.717, 1.165) is 30.4 Å². The van der Waals surface area contributed by atoms with E-state index in [9.17, 15) is 8.42 Å². The Bertz CT molecular complexity index is 516. The summed E-state index contributed by atoms with van der Waals surface area (Å²) >= 11 is 3.30. The first kappa shape index (κ1) is 17.9. The average Bonchev–Trinajstić information content (AvgIpc) is 2.40. The van der Waals surface area contributed by atoms with Crippen LogP contribution in [0.25, 0.3) is 0 Å². The zero-order valence-corrected chi connectivity index (χ0v) is 14.5. The largest absolute Gasteiger partial charge is 0.316 e. The number of hydrogen-bond acceptors (Lipinski definition) is 3. The highest BCUT2D eigenvalue weighted by molar-refractivity contribution is 9.10. The molecule has 0 saturated carbocycles. The van der Waals surface area contributed by atoms with Gasteiger partial charge in [0.25, 0.3) is 0 Å². The van der Waals surface area contributed by atoms with Gasteiger partial charge in [0.1, 0.15) is 0 Å². The van der Waals surface area contributed by atoms with Crippen molar-refractivity contribution in [1.82, 2.24) is 10.0 Å². The highest BCUT2D eigenvalue weighted by Crippen LogP contribution is 2.18. The molecule has 2 atom stereocenters. The monoisotopic (exact) mass is 382 g/mol. The summed E-state index contributed by atoms with van der Waals surface area (Å²) in [5.41, 5.74) is 0. The smallest absolute Gasteiger partial charge is 0.240 e. The van der Waals surface area contributed by atoms with Crippen LogP contribution in [0.5, 0.6) is 0 Å². The van der Waals surface area contributed by atoms with Gasteiger partial charge in [-0.2, -0.15) is 0 Å². The predicted octanol–water partition coefficient (Wildman–Crippen LogP) is 2.54. The highest BCUT2D eigenvalue weighted by Gasteiger charge is 2.24. The maximum atomic E-state index is 12.2. The fourth-order valence-corrected chi connectivity index (χ4v) is 3.90. The summed E-state index contributed by atoms with van der Waals surface area (Å²) in [4.78, 5) is 0.311. The quantitative estimate of drug-likeness (QED) is 0.840. The molecule has 114 valence electrons. The number of sulfonamides is 1. The number of hydrogen-bond donors (Lipinski definition) is 2. The molecule has 1 saturated heterocycles. The van der Waals surface area contributed by atoms with E-state index < -0.39 is 10.0 Å². The van der Waals surface area contributed by atoms with Crippen molar-refractivity contribution in [2.45, 2.75) is 30.7 Å². The zero-order chi connectivity index (χ0) is 13.9. The molecule has 0 radical (unpaired) electrons. The lowest BCUT2D eigenvalue weighted by Crippen LogP contribution is -2.44. The van der Waals surface area contributed by atoms with Crippen LogP contribution in [0.2, 0.25) is 0 Å². The van der Waals surface area contributed by atoms with Gasteiger partial charge in [-0.15, -0.1) is 12.4 Å². The third kappa shape index (κ3) is 4.70. The standard InChI is InChI=1S/C13H19BrN2O2S.ClH/c1-10(11-3-2-8-15-9-11)16-19(17,18)13-6-4-12(14)5-7-13;/h4-7,10-11,15-16H,2-3,8-9H2,1H3;1H. The first-order valence-corrected chi connectivity index (χ1v) is 8.75. The molecule has 2 N–H and O–H groups in total. The van der Waals surface area contributed by atoms with E-state index in [4.69, 9.17) is 0 Å². The molecule has 20 heavy (non-hydrogen) atoms. The van der Waals surface area contributed by atoms with Crippen molar-refractivity contribution in [2.24, 2.45) is 5.92 Å². The summed E-state index contributed by atoms with van der Waals surface area (Å²) in [7, 11) is -3.42. The summed E-state index contributed by atoms with van der Waals surface area (Å²) in [6, 6.07) is 6.64. The molecular formula is C13H20BrClN2O2S. The topological polar surface area (TPSA) is 58.2 Å². The van der Waals surface area contributed by atoms with Crippen LogP contribution in [0.1, 0.15) is 19.8 Å². The van der Waals surface area contributed by atoms with E-state index in [1.54, 1.807) is 24.3 Å². The van der Waals surface area contributed by atoms with Crippen molar-refractivity contribution in [3.8, 4) is 0 Å². The molecule has 1 aliphatic rings. The first-order valence-electron chi connectivity index (χ1n) is 6.47. The van der Waals surface area contributed by atoms with Gasteiger partial charge in [0, 0.05) is 10.5 Å². The lowest BCUT2D eigenvalue weighted by atomic mass is 9.94. The van der Waals surface area contributed by atoms with Gasteiger partial charge in [-0.25, -0.2) is 13.1 Å². The molecule has 0 aliphatic carbocycles. The summed E-state index contributed by atoms with van der Waals surface area (Å²) in [5.74, 6) is 0.360. The number of benzene rings is 1. The van der Waals surface area contributed by atoms with Crippen molar-refractivity contribution < 1.29 is 8.42 Å². The van der Waals surface area contributed by atoms with Crippen LogP contribution in [0, 0.1) is 5.92 Å². The molecule has 4 nitrogen and oxygen atoms in total. The molecule has 1 aromatic rings. The van der Waals surface area contributed by atoms with Gasteiger partial charge >= 0.3 is 0 Å². The lowest BCUT2D eigenvalue weighted by Gasteiger charge is -2.28. The third-order valence-electron chi connectivity index (χ3n) is 3.51. The molecule has 1 aliphatic heterocycles. The minimum Gasteiger partial charge on any atom is -0.316 e. The molecule has 1 fully saturated rings. The van der Waals surface area contributed by atoms with E-state index in [1.165, 1.54) is 0 Å². The zero-order valence-electron chi connectivity index (χ0n) is 11.3. The van der Waals surface area contributed by atoms with Crippen LogP contribution < -0.4 is 10.0 Å². The van der Waals surface area contributed by atoms with E-state index in [0.29, 0.717) is 10.8 Å². The predicted molar refractivity (Wildman–Crippen MR) is 86.8 cm³/mol. The molecule has 0 amide bonds. The van der Waals surface area contributed by atoms with Crippen molar-refractivity contribution in [2.75, 3.05) is 13.1 Å². The third-order valence-corrected chi connectivity index (χ3v) is 5.61. The summed E-state index contributed by atoms with van der Waals surface area (Å²) in [5, 5.41) is 3.31. The maximum absolute atomic E-state index is 12.2. The van der Waals surface area contributed by atoms with Gasteiger partial charge < -0.3 is 5.32 Å². The van der Waals surface area contributed by atoms with E-state index in [-0.39, 0.29) is 18.4 Å². The Morgan fingerprint density at radius 2 is 2.00 bits per heavy atom. The SMILES string of the molecule is CC(NS(=O)(=O)c1ccc(Br)cc1)C1CCCNC1.Cl. The Balaban J connectivity index is 0.00000200. The minimum absolute atomic E-state index is 0. The fraction of sp³-hybridized carbons (Fsp3) is 0.538. The van der Waals surface area contributed by atoms with Crippen molar-refractivity contribution in [3.63, 3.8) is 0 Å². The Hall–Kier alpha value is -0.140. The number of nitrogens with one attached hydrogen (secondary N) is 2. The minimum atomic E-state index is -3.42. The van der Waals surface area contributed by atoms with Gasteiger partial charge in [-0.1, -0.05) is 15.9 Å². The average molecular weight is 384 g/mol. The van der Waals surface area contributed by atoms with E-state index in [1.807, 2.05) is 6.92 Å². The van der Waals surface area contributed by atoms with Crippen LogP contribution in [0.15, 0.2) is 33.6 Å². The van der Waals surface area contributed by atoms with E-state index >= 15 is 0 Å². The summed E-state index contributed by atoms with van der Waals surface area (Å²) < 4.78 is 28.1. The van der Waals surface area contributed by atoms with Gasteiger partial charge in [0.05, 0.1) is 4.90 Å². The number of rotatable bonds is 4. The normalized spacial score (nSPS) is 21.0. The molecule has 2 unspecified atom stereocenters. The van der Waals surface area contributed by atoms with Crippen LogP contribution >= 0.6 is 28.3 Å². The molecule has 2 rings (SSSR count). The van der Waals surface area contributed by atoms with Crippen molar-refractivity contribution >= 4 is 38.4 Å². The van der Waals surface area contributed by atoms with E-state index in [2.05, 4.69) is 26.0 Å². The van der Waals surface area contributed by atoms with Gasteiger partial charge in [-0.3, -0.25) is 0 Å². The Labute approximate surface area is 135 Å². The number of halogens is 2. The van der Waals surface area contributed by atoms with Crippen LogP contribution in [-0.4, -0.2) is 27.5 Å². The van der Waals surface area contributed by atoms with Crippen LogP contribution in [0.3, 0.4) is 0 Å². The molecule has 0 spiro atoms. The summed E-state index contributed by atoms with van der Waals surface area (Å²) in [6.45, 7) is 3.85. The first-order chi connectivity index (χ1) is 8.99. The second-order valence-corrected chi connectivity index (χ2v) is 7.60. The lowest BCUT2D eigenvalue weighted by molar-refractivity contribution is 0.320. The molecule has 1 heterocycles. The van der Waals surface area contributed by atoms with Crippen LogP contribution in [-0.2, 0) is 10.0 Å². The second-order valence-electron chi connectivity index (χ2n) is 4.97. The Morgan fingerprint density at radius 1 is 1.35 bits per heavy atom. The van der Waals surface area contributed by atoms with Crippen molar-refractivity contribution in [3.05, 3.63) is 28.7 Å². The van der Waals surface area contributed by atoms with Gasteiger partial charge in [0.2, 0.25) is 10.0 Å². The second kappa shape index (κ2) is 7.75.